The molecule has 380 valence electrons. The fraction of sp³-hybridized carbons (Fsp3) is 0.481. The van der Waals surface area contributed by atoms with Gasteiger partial charge in [0.05, 0.1) is 53.3 Å². The predicted molar refractivity (Wildman–Crippen MR) is 263 cm³/mol. The standard InChI is InChI=1S/C52H60F4N12O4/c1-28(2)21-45(69)66-15-6-9-43(66)48-59-37-24-31(33(53)26-39(37)61-48)41-11-12-42(68(41)30-22-35(55)47(36(56)23-30)64-17-19-65(20-18-64)51-57-13-8-14-58-51)32-25-38-40(27-34(32)54)62-49(60-38)44-10-7-16-67(44)50(70)46(29(3)4)63-52(71)72-5/h8,13-14,22-29,41-44,46H,6-7,9-12,15-21H2,1-5H3,(H,59,61)(H,60,62)(H,63,71)/t41-,42-,43+,44+,46+/m1/s1. The second-order valence-electron chi connectivity index (χ2n) is 20.2. The van der Waals surface area contributed by atoms with Gasteiger partial charge in [0, 0.05) is 87.0 Å². The Bertz CT molecular complexity index is 2970. The maximum absolute atomic E-state index is 16.9. The van der Waals surface area contributed by atoms with E-state index in [1.165, 1.54) is 31.4 Å². The number of fused-ring (bicyclic) bond motifs is 2. The van der Waals surface area contributed by atoms with Gasteiger partial charge in [-0.05, 0) is 80.7 Å². The van der Waals surface area contributed by atoms with Crippen molar-refractivity contribution in [2.24, 2.45) is 11.8 Å². The van der Waals surface area contributed by atoms with Crippen LogP contribution in [-0.2, 0) is 14.3 Å². The summed E-state index contributed by atoms with van der Waals surface area (Å²) in [6.07, 6.45) is 6.33. The number of methoxy groups -OCH3 is 1. The van der Waals surface area contributed by atoms with E-state index in [2.05, 4.69) is 25.3 Å². The normalized spacial score (nSPS) is 21.0. The molecule has 4 aliphatic rings. The molecule has 0 spiro atoms. The second kappa shape index (κ2) is 19.9. The number of piperazine rings is 1. The second-order valence-corrected chi connectivity index (χ2v) is 20.2. The lowest BCUT2D eigenvalue weighted by molar-refractivity contribution is -0.135. The van der Waals surface area contributed by atoms with Crippen LogP contribution in [0.25, 0.3) is 22.1 Å². The number of benzene rings is 3. The Labute approximate surface area is 414 Å². The summed E-state index contributed by atoms with van der Waals surface area (Å²) in [6.45, 7) is 10.2. The van der Waals surface area contributed by atoms with Crippen molar-refractivity contribution in [1.82, 2.24) is 45.0 Å². The molecule has 20 heteroatoms. The summed E-state index contributed by atoms with van der Waals surface area (Å²) in [4.78, 5) is 73.1. The molecule has 0 unspecified atom stereocenters. The van der Waals surface area contributed by atoms with E-state index in [4.69, 9.17) is 14.7 Å². The molecular formula is C52H60F4N12O4. The molecule has 4 aliphatic heterocycles. The fourth-order valence-electron chi connectivity index (χ4n) is 11.3. The molecule has 0 aliphatic carbocycles. The van der Waals surface area contributed by atoms with Gasteiger partial charge in [-0.3, -0.25) is 9.59 Å². The number of hydrogen-bond acceptors (Lipinski definition) is 11. The van der Waals surface area contributed by atoms with Crippen LogP contribution in [-0.4, -0.2) is 110 Å². The SMILES string of the molecule is COC(=O)N[C@H](C(=O)N1CCC[C@H]1c1nc2cc(F)c([C@H]3CC[C@H](c4cc5[nH]c([C@@H]6CCCN6C(=O)CC(C)C)nc5cc4F)N3c3cc(F)c(N4CCN(c5ncccn5)CC4)c(F)c3)cc2[nH]1)C(C)C. The number of nitrogens with one attached hydrogen (secondary N) is 3. The Kier molecular flexibility index (Phi) is 13.4. The third-order valence-corrected chi connectivity index (χ3v) is 14.8. The summed E-state index contributed by atoms with van der Waals surface area (Å²) in [5.41, 5.74) is 2.09. The van der Waals surface area contributed by atoms with Crippen molar-refractivity contribution in [2.75, 3.05) is 61.1 Å². The topological polar surface area (TPSA) is 172 Å². The summed E-state index contributed by atoms with van der Waals surface area (Å²) in [6, 6.07) is 6.95. The summed E-state index contributed by atoms with van der Waals surface area (Å²) in [5, 5.41) is 2.66. The minimum Gasteiger partial charge on any atom is -0.453 e. The van der Waals surface area contributed by atoms with Gasteiger partial charge in [-0.2, -0.15) is 0 Å². The highest BCUT2D eigenvalue weighted by Gasteiger charge is 2.42. The van der Waals surface area contributed by atoms with E-state index in [0.717, 1.165) is 6.42 Å². The van der Waals surface area contributed by atoms with Crippen LogP contribution in [0.4, 0.5) is 39.7 Å². The first-order chi connectivity index (χ1) is 34.7. The number of carbonyl (C=O) groups excluding carboxylic acids is 3. The number of ether oxygens (including phenoxy) is 1. The van der Waals surface area contributed by atoms with Crippen LogP contribution in [0.1, 0.15) is 120 Å². The molecule has 72 heavy (non-hydrogen) atoms. The van der Waals surface area contributed by atoms with Crippen LogP contribution in [0, 0.1) is 35.1 Å². The number of likely N-dealkylation sites (tertiary alicyclic amines) is 2. The maximum Gasteiger partial charge on any atom is 0.407 e. The zero-order valence-electron chi connectivity index (χ0n) is 41.1. The minimum atomic E-state index is -0.847. The summed E-state index contributed by atoms with van der Waals surface area (Å²) in [5.74, 6) is -1.59. The van der Waals surface area contributed by atoms with Crippen molar-refractivity contribution < 1.29 is 36.7 Å². The molecule has 4 saturated heterocycles. The van der Waals surface area contributed by atoms with Gasteiger partial charge in [0.25, 0.3) is 0 Å². The molecule has 3 aromatic heterocycles. The lowest BCUT2D eigenvalue weighted by atomic mass is 10.0. The number of nitrogens with zero attached hydrogens (tertiary/aromatic N) is 9. The average Bonchev–Trinajstić information content (AvgIpc) is 4.22. The lowest BCUT2D eigenvalue weighted by Crippen LogP contribution is -2.51. The van der Waals surface area contributed by atoms with E-state index in [9.17, 15) is 14.4 Å². The summed E-state index contributed by atoms with van der Waals surface area (Å²) in [7, 11) is 1.24. The van der Waals surface area contributed by atoms with Crippen LogP contribution in [0.3, 0.4) is 0 Å². The molecule has 0 radical (unpaired) electrons. The highest BCUT2D eigenvalue weighted by atomic mass is 19.1. The van der Waals surface area contributed by atoms with E-state index in [0.29, 0.717) is 111 Å². The molecular weight excluding hydrogens is 933 g/mol. The van der Waals surface area contributed by atoms with Gasteiger partial charge < -0.3 is 44.5 Å². The molecule has 0 bridgehead atoms. The Hall–Kier alpha value is -6.99. The van der Waals surface area contributed by atoms with Gasteiger partial charge >= 0.3 is 6.09 Å². The van der Waals surface area contributed by atoms with Gasteiger partial charge in [-0.1, -0.05) is 27.7 Å². The lowest BCUT2D eigenvalue weighted by Gasteiger charge is -2.37. The van der Waals surface area contributed by atoms with Crippen molar-refractivity contribution in [3.63, 3.8) is 0 Å². The largest absolute Gasteiger partial charge is 0.453 e. The van der Waals surface area contributed by atoms with E-state index in [-0.39, 0.29) is 58.6 Å². The maximum atomic E-state index is 16.9. The van der Waals surface area contributed by atoms with Crippen molar-refractivity contribution in [3.8, 4) is 0 Å². The number of aromatic amines is 2. The molecule has 3 aromatic carbocycles. The minimum absolute atomic E-state index is 0.0409. The van der Waals surface area contributed by atoms with Crippen LogP contribution >= 0.6 is 0 Å². The van der Waals surface area contributed by atoms with Gasteiger partial charge in [0.15, 0.2) is 11.6 Å². The molecule has 5 atom stereocenters. The van der Waals surface area contributed by atoms with Crippen molar-refractivity contribution in [1.29, 1.82) is 0 Å². The highest BCUT2D eigenvalue weighted by molar-refractivity contribution is 5.87. The number of halogens is 4. The predicted octanol–water partition coefficient (Wildman–Crippen LogP) is 8.95. The van der Waals surface area contributed by atoms with Gasteiger partial charge in [-0.25, -0.2) is 42.3 Å². The summed E-state index contributed by atoms with van der Waals surface area (Å²) >= 11 is 0. The Morgan fingerprint density at radius 3 is 1.74 bits per heavy atom. The van der Waals surface area contributed by atoms with E-state index < -0.39 is 53.5 Å². The van der Waals surface area contributed by atoms with Crippen molar-refractivity contribution >= 4 is 57.3 Å². The number of anilines is 3. The highest BCUT2D eigenvalue weighted by Crippen LogP contribution is 2.50. The third-order valence-electron chi connectivity index (χ3n) is 14.8. The molecule has 4 fully saturated rings. The quantitative estimate of drug-likeness (QED) is 0.100. The molecule has 16 nitrogen and oxygen atoms in total. The Balaban J connectivity index is 0.999. The average molecular weight is 993 g/mol. The van der Waals surface area contributed by atoms with Crippen LogP contribution in [0.5, 0.6) is 0 Å². The number of imidazole rings is 2. The molecule has 3 N–H and O–H groups in total. The van der Waals surface area contributed by atoms with Crippen molar-refractivity contribution in [2.45, 2.75) is 103 Å². The van der Waals surface area contributed by atoms with Gasteiger partial charge in [0.2, 0.25) is 17.8 Å². The third kappa shape index (κ3) is 9.23. The van der Waals surface area contributed by atoms with E-state index >= 15 is 17.6 Å². The van der Waals surface area contributed by atoms with Gasteiger partial charge in [-0.15, -0.1) is 0 Å². The molecule has 6 aromatic rings. The smallest absolute Gasteiger partial charge is 0.407 e. The number of alkyl carbamates (subject to hydrolysis) is 1. The van der Waals surface area contributed by atoms with Crippen LogP contribution in [0.15, 0.2) is 54.9 Å². The van der Waals surface area contributed by atoms with E-state index in [1.54, 1.807) is 45.3 Å². The molecule has 7 heterocycles. The molecule has 10 rings (SSSR count). The molecule has 3 amide bonds. The first-order valence-electron chi connectivity index (χ1n) is 25.0. The number of rotatable bonds is 12. The monoisotopic (exact) mass is 992 g/mol. The van der Waals surface area contributed by atoms with Crippen LogP contribution < -0.4 is 20.0 Å². The Morgan fingerprint density at radius 2 is 1.21 bits per heavy atom. The number of amides is 3. The first-order valence-corrected chi connectivity index (χ1v) is 25.0. The number of H-pyrrole nitrogens is 2. The Morgan fingerprint density at radius 1 is 0.681 bits per heavy atom. The first kappa shape index (κ1) is 48.6. The van der Waals surface area contributed by atoms with Crippen LogP contribution in [0.2, 0.25) is 0 Å². The number of aromatic nitrogens is 6. The number of hydrogen-bond donors (Lipinski definition) is 3. The van der Waals surface area contributed by atoms with Gasteiger partial charge in [0.1, 0.15) is 35.0 Å². The zero-order chi connectivity index (χ0) is 50.5. The summed E-state index contributed by atoms with van der Waals surface area (Å²) < 4.78 is 71.9. The van der Waals surface area contributed by atoms with Crippen molar-refractivity contribution in [3.05, 3.63) is 101 Å². The molecule has 0 saturated carbocycles. The number of carbonyl (C=O) groups is 3. The van der Waals surface area contributed by atoms with E-state index in [1.807, 2.05) is 37.5 Å². The zero-order valence-corrected chi connectivity index (χ0v) is 41.1. The fourth-order valence-corrected chi connectivity index (χ4v) is 11.3.